The van der Waals surface area contributed by atoms with Crippen molar-refractivity contribution >= 4 is 22.6 Å². The van der Waals surface area contributed by atoms with Crippen LogP contribution in [-0.2, 0) is 0 Å². The van der Waals surface area contributed by atoms with Crippen LogP contribution in [-0.4, -0.2) is 27.4 Å². The number of benzene rings is 2. The maximum Gasteiger partial charge on any atom is 0.251 e. The van der Waals surface area contributed by atoms with E-state index in [1.54, 1.807) is 22.9 Å². The lowest BCUT2D eigenvalue weighted by Gasteiger charge is -2.08. The Bertz CT molecular complexity index is 809. The lowest BCUT2D eigenvalue weighted by molar-refractivity contribution is 0.0956. The molecule has 0 spiro atoms. The largest absolute Gasteiger partial charge is 0.397 e. The summed E-state index contributed by atoms with van der Waals surface area (Å²) in [5, 5.41) is 11.0. The van der Waals surface area contributed by atoms with E-state index < -0.39 is 0 Å². The summed E-state index contributed by atoms with van der Waals surface area (Å²) in [6.45, 7) is 2.45. The number of anilines is 1. The Kier molecular flexibility index (Phi) is 3.27. The molecule has 21 heavy (non-hydrogen) atoms. The Hall–Kier alpha value is -2.89. The van der Waals surface area contributed by atoms with Gasteiger partial charge in [-0.2, -0.15) is 0 Å². The molecule has 0 radical (unpaired) electrons. The first-order chi connectivity index (χ1) is 10.2. The fraction of sp³-hybridized carbons (Fsp3) is 0.133. The minimum absolute atomic E-state index is 0.140. The topological polar surface area (TPSA) is 85.8 Å². The molecule has 1 aromatic heterocycles. The Balaban J connectivity index is 2.05. The average molecular weight is 281 g/mol. The number of hydrogen-bond acceptors (Lipinski definition) is 4. The van der Waals surface area contributed by atoms with Crippen molar-refractivity contribution in [2.24, 2.45) is 0 Å². The van der Waals surface area contributed by atoms with Crippen LogP contribution in [0.25, 0.3) is 16.7 Å². The molecule has 0 aliphatic rings. The Labute approximate surface area is 121 Å². The minimum atomic E-state index is -0.140. The van der Waals surface area contributed by atoms with E-state index in [0.717, 1.165) is 11.0 Å². The van der Waals surface area contributed by atoms with E-state index in [-0.39, 0.29) is 5.91 Å². The summed E-state index contributed by atoms with van der Waals surface area (Å²) >= 11 is 0. The predicted molar refractivity (Wildman–Crippen MR) is 81.3 cm³/mol. The molecule has 106 valence electrons. The molecule has 0 unspecified atom stereocenters. The fourth-order valence-corrected chi connectivity index (χ4v) is 2.20. The van der Waals surface area contributed by atoms with Gasteiger partial charge in [-0.25, -0.2) is 4.68 Å². The molecule has 0 atom stereocenters. The van der Waals surface area contributed by atoms with Gasteiger partial charge < -0.3 is 11.1 Å². The summed E-state index contributed by atoms with van der Waals surface area (Å²) in [5.41, 5.74) is 9.45. The third-order valence-corrected chi connectivity index (χ3v) is 3.21. The molecule has 6 heteroatoms. The van der Waals surface area contributed by atoms with Crippen molar-refractivity contribution in [1.82, 2.24) is 20.3 Å². The normalized spacial score (nSPS) is 10.7. The van der Waals surface area contributed by atoms with Crippen LogP contribution in [0.4, 0.5) is 5.69 Å². The number of nitrogens with zero attached hydrogens (tertiary/aromatic N) is 3. The number of fused-ring (bicyclic) bond motifs is 1. The first-order valence-electron chi connectivity index (χ1n) is 6.69. The standard InChI is InChI=1S/C15H15N5O/c1-2-17-15(21)10-7-8-13(11(16)9-10)20-14-6-4-3-5-12(14)18-19-20/h3-9H,2,16H2,1H3,(H,17,21). The molecule has 0 fully saturated rings. The highest BCUT2D eigenvalue weighted by atomic mass is 16.1. The molecule has 0 saturated carbocycles. The second kappa shape index (κ2) is 5.24. The Morgan fingerprint density at radius 3 is 2.86 bits per heavy atom. The number of para-hydroxylation sites is 1. The molecule has 6 nitrogen and oxygen atoms in total. The molecule has 0 saturated heterocycles. The number of hydrogen-bond donors (Lipinski definition) is 2. The number of carbonyl (C=O) groups excluding carboxylic acids is 1. The van der Waals surface area contributed by atoms with Gasteiger partial charge >= 0.3 is 0 Å². The highest BCUT2D eigenvalue weighted by Gasteiger charge is 2.11. The maximum atomic E-state index is 11.8. The number of nitrogens with two attached hydrogens (primary N) is 1. The fourth-order valence-electron chi connectivity index (χ4n) is 2.20. The van der Waals surface area contributed by atoms with Crippen molar-refractivity contribution in [2.45, 2.75) is 6.92 Å². The van der Waals surface area contributed by atoms with Crippen molar-refractivity contribution in [2.75, 3.05) is 12.3 Å². The van der Waals surface area contributed by atoms with Gasteiger partial charge in [0.05, 0.1) is 16.9 Å². The van der Waals surface area contributed by atoms with Gasteiger partial charge in [0, 0.05) is 12.1 Å². The third-order valence-electron chi connectivity index (χ3n) is 3.21. The zero-order valence-electron chi connectivity index (χ0n) is 11.6. The molecule has 0 bridgehead atoms. The Morgan fingerprint density at radius 2 is 2.10 bits per heavy atom. The average Bonchev–Trinajstić information content (AvgIpc) is 2.91. The molecular formula is C15H15N5O. The number of carbonyl (C=O) groups is 1. The van der Waals surface area contributed by atoms with E-state index in [4.69, 9.17) is 5.73 Å². The zero-order valence-corrected chi connectivity index (χ0v) is 11.6. The van der Waals surface area contributed by atoms with Gasteiger partial charge in [-0.1, -0.05) is 17.3 Å². The lowest BCUT2D eigenvalue weighted by atomic mass is 10.1. The van der Waals surface area contributed by atoms with E-state index >= 15 is 0 Å². The van der Waals surface area contributed by atoms with Crippen molar-refractivity contribution in [3.05, 3.63) is 48.0 Å². The molecule has 0 aliphatic carbocycles. The predicted octanol–water partition coefficient (Wildman–Crippen LogP) is 1.75. The van der Waals surface area contributed by atoms with Gasteiger partial charge in [-0.05, 0) is 37.3 Å². The van der Waals surface area contributed by atoms with Crippen LogP contribution in [0.15, 0.2) is 42.5 Å². The van der Waals surface area contributed by atoms with E-state index in [9.17, 15) is 4.79 Å². The van der Waals surface area contributed by atoms with Crippen molar-refractivity contribution < 1.29 is 4.79 Å². The molecule has 3 N–H and O–H groups in total. The van der Waals surface area contributed by atoms with Crippen LogP contribution in [0.5, 0.6) is 0 Å². The molecule has 2 aromatic carbocycles. The first kappa shape index (κ1) is 13.1. The van der Waals surface area contributed by atoms with Crippen molar-refractivity contribution in [1.29, 1.82) is 0 Å². The van der Waals surface area contributed by atoms with E-state index in [0.29, 0.717) is 23.5 Å². The van der Waals surface area contributed by atoms with Crippen LogP contribution < -0.4 is 11.1 Å². The summed E-state index contributed by atoms with van der Waals surface area (Å²) in [6, 6.07) is 12.8. The highest BCUT2D eigenvalue weighted by molar-refractivity contribution is 5.95. The highest BCUT2D eigenvalue weighted by Crippen LogP contribution is 2.22. The van der Waals surface area contributed by atoms with Crippen LogP contribution >= 0.6 is 0 Å². The summed E-state index contributed by atoms with van der Waals surface area (Å²) in [6.07, 6.45) is 0. The van der Waals surface area contributed by atoms with Crippen molar-refractivity contribution in [3.63, 3.8) is 0 Å². The molecule has 3 rings (SSSR count). The van der Waals surface area contributed by atoms with E-state index in [1.165, 1.54) is 0 Å². The summed E-state index contributed by atoms with van der Waals surface area (Å²) in [5.74, 6) is -0.140. The number of nitrogen functional groups attached to an aromatic ring is 1. The quantitative estimate of drug-likeness (QED) is 0.716. The number of aromatic nitrogens is 3. The van der Waals surface area contributed by atoms with Gasteiger partial charge in [-0.15, -0.1) is 5.10 Å². The first-order valence-corrected chi connectivity index (χ1v) is 6.69. The smallest absolute Gasteiger partial charge is 0.251 e. The van der Waals surface area contributed by atoms with Crippen LogP contribution in [0.1, 0.15) is 17.3 Å². The number of nitrogens with one attached hydrogen (secondary N) is 1. The zero-order chi connectivity index (χ0) is 14.8. The Morgan fingerprint density at radius 1 is 1.29 bits per heavy atom. The SMILES string of the molecule is CCNC(=O)c1ccc(-n2nnc3ccccc32)c(N)c1. The molecule has 3 aromatic rings. The van der Waals surface area contributed by atoms with Gasteiger partial charge in [0.2, 0.25) is 0 Å². The van der Waals surface area contributed by atoms with Crippen molar-refractivity contribution in [3.8, 4) is 5.69 Å². The molecule has 1 heterocycles. The summed E-state index contributed by atoms with van der Waals surface area (Å²) in [4.78, 5) is 11.8. The van der Waals surface area contributed by atoms with E-state index in [1.807, 2.05) is 31.2 Å². The maximum absolute atomic E-state index is 11.8. The van der Waals surface area contributed by atoms with Gasteiger partial charge in [-0.3, -0.25) is 4.79 Å². The van der Waals surface area contributed by atoms with Gasteiger partial charge in [0.1, 0.15) is 5.52 Å². The molecule has 0 aliphatic heterocycles. The molecule has 1 amide bonds. The van der Waals surface area contributed by atoms with Crippen LogP contribution in [0, 0.1) is 0 Å². The second-order valence-electron chi connectivity index (χ2n) is 4.62. The summed E-state index contributed by atoms with van der Waals surface area (Å²) < 4.78 is 1.67. The summed E-state index contributed by atoms with van der Waals surface area (Å²) in [7, 11) is 0. The third kappa shape index (κ3) is 2.31. The lowest BCUT2D eigenvalue weighted by Crippen LogP contribution is -2.22. The second-order valence-corrected chi connectivity index (χ2v) is 4.62. The monoisotopic (exact) mass is 281 g/mol. The molecular weight excluding hydrogens is 266 g/mol. The number of rotatable bonds is 3. The van der Waals surface area contributed by atoms with E-state index in [2.05, 4.69) is 15.6 Å². The van der Waals surface area contributed by atoms with Gasteiger partial charge in [0.25, 0.3) is 5.91 Å². The minimum Gasteiger partial charge on any atom is -0.397 e. The number of amides is 1. The van der Waals surface area contributed by atoms with Gasteiger partial charge in [0.15, 0.2) is 0 Å². The van der Waals surface area contributed by atoms with Crippen LogP contribution in [0.3, 0.4) is 0 Å². The van der Waals surface area contributed by atoms with Crippen LogP contribution in [0.2, 0.25) is 0 Å².